The van der Waals surface area contributed by atoms with E-state index in [4.69, 9.17) is 4.74 Å². The highest BCUT2D eigenvalue weighted by Gasteiger charge is 2.41. The van der Waals surface area contributed by atoms with Gasteiger partial charge in [0.2, 0.25) is 11.8 Å². The lowest BCUT2D eigenvalue weighted by Gasteiger charge is -2.41. The molecule has 0 aromatic heterocycles. The van der Waals surface area contributed by atoms with Gasteiger partial charge in [-0.25, -0.2) is 4.79 Å². The minimum atomic E-state index is -0.828. The number of carbonyl (C=O) groups excluding carboxylic acids is 3. The van der Waals surface area contributed by atoms with E-state index in [-0.39, 0.29) is 29.8 Å². The SMILES string of the molecule is CCC(C)C(NC(=O)OC(C)(C)C)C(=O)N(C(C)CCC(C)C)C(C(=O)NC1CCCCC1)c1c(C)cccc1C. The Hall–Kier alpha value is -2.57. The zero-order valence-electron chi connectivity index (χ0n) is 27.4. The highest BCUT2D eigenvalue weighted by atomic mass is 16.6. The normalized spacial score (nSPS) is 17.3. The average molecular weight is 572 g/mol. The van der Waals surface area contributed by atoms with E-state index in [1.165, 1.54) is 6.42 Å². The molecule has 2 N–H and O–H groups in total. The van der Waals surface area contributed by atoms with Crippen molar-refractivity contribution in [1.82, 2.24) is 15.5 Å². The number of nitrogens with zero attached hydrogens (tertiary/aromatic N) is 1. The molecule has 0 spiro atoms. The molecule has 1 aliphatic rings. The van der Waals surface area contributed by atoms with Gasteiger partial charge in [-0.15, -0.1) is 0 Å². The maximum atomic E-state index is 14.7. The van der Waals surface area contributed by atoms with Crippen LogP contribution < -0.4 is 10.6 Å². The molecule has 1 aromatic carbocycles. The summed E-state index contributed by atoms with van der Waals surface area (Å²) in [7, 11) is 0. The molecule has 7 nitrogen and oxygen atoms in total. The van der Waals surface area contributed by atoms with Crippen molar-refractivity contribution in [3.05, 3.63) is 34.9 Å². The predicted molar refractivity (Wildman–Crippen MR) is 167 cm³/mol. The second-order valence-electron chi connectivity index (χ2n) is 13.6. The lowest BCUT2D eigenvalue weighted by atomic mass is 9.89. The summed E-state index contributed by atoms with van der Waals surface area (Å²) in [5.41, 5.74) is 2.12. The van der Waals surface area contributed by atoms with Crippen LogP contribution in [0, 0.1) is 25.7 Å². The van der Waals surface area contributed by atoms with Gasteiger partial charge in [0, 0.05) is 12.1 Å². The molecular formula is C34H57N3O4. The van der Waals surface area contributed by atoms with Crippen molar-refractivity contribution in [2.24, 2.45) is 11.8 Å². The van der Waals surface area contributed by atoms with Gasteiger partial charge in [-0.3, -0.25) is 9.59 Å². The molecule has 3 amide bonds. The summed E-state index contributed by atoms with van der Waals surface area (Å²) >= 11 is 0. The number of carbonyl (C=O) groups is 3. The number of rotatable bonds is 12. The summed E-state index contributed by atoms with van der Waals surface area (Å²) in [6, 6.07) is 4.26. The van der Waals surface area contributed by atoms with Crippen LogP contribution in [0.25, 0.3) is 0 Å². The van der Waals surface area contributed by atoms with E-state index in [2.05, 4.69) is 24.5 Å². The maximum absolute atomic E-state index is 14.7. The molecule has 4 atom stereocenters. The Balaban J connectivity index is 2.65. The third kappa shape index (κ3) is 10.3. The average Bonchev–Trinajstić information content (AvgIpc) is 2.88. The van der Waals surface area contributed by atoms with Crippen molar-refractivity contribution in [2.75, 3.05) is 0 Å². The highest BCUT2D eigenvalue weighted by molar-refractivity contribution is 5.93. The van der Waals surface area contributed by atoms with Crippen molar-refractivity contribution >= 4 is 17.9 Å². The van der Waals surface area contributed by atoms with Gasteiger partial charge < -0.3 is 20.3 Å². The van der Waals surface area contributed by atoms with E-state index in [0.717, 1.165) is 55.2 Å². The van der Waals surface area contributed by atoms with Crippen LogP contribution in [0.1, 0.15) is 129 Å². The van der Waals surface area contributed by atoms with Crippen LogP contribution in [0.2, 0.25) is 0 Å². The third-order valence-electron chi connectivity index (χ3n) is 8.34. The number of ether oxygens (including phenoxy) is 1. The summed E-state index contributed by atoms with van der Waals surface area (Å²) < 4.78 is 5.56. The van der Waals surface area contributed by atoms with Crippen LogP contribution in [0.15, 0.2) is 18.2 Å². The number of alkyl carbamates (subject to hydrolysis) is 1. The van der Waals surface area contributed by atoms with E-state index in [9.17, 15) is 14.4 Å². The molecule has 2 rings (SSSR count). The number of hydrogen-bond acceptors (Lipinski definition) is 4. The van der Waals surface area contributed by atoms with Crippen LogP contribution in [0.5, 0.6) is 0 Å². The molecule has 0 saturated heterocycles. The van der Waals surface area contributed by atoms with Gasteiger partial charge >= 0.3 is 6.09 Å². The molecule has 0 radical (unpaired) electrons. The molecule has 1 aromatic rings. The van der Waals surface area contributed by atoms with Crippen LogP contribution in [-0.4, -0.2) is 46.5 Å². The van der Waals surface area contributed by atoms with Crippen LogP contribution in [0.4, 0.5) is 4.79 Å². The smallest absolute Gasteiger partial charge is 0.408 e. The van der Waals surface area contributed by atoms with Gasteiger partial charge in [-0.2, -0.15) is 0 Å². The first-order chi connectivity index (χ1) is 19.2. The van der Waals surface area contributed by atoms with E-state index in [0.29, 0.717) is 12.3 Å². The fourth-order valence-electron chi connectivity index (χ4n) is 5.77. The quantitative estimate of drug-likeness (QED) is 0.274. The predicted octanol–water partition coefficient (Wildman–Crippen LogP) is 7.39. The standard InChI is InChI=1S/C34H57N3O4/c1-11-23(4)29(36-33(40)41-34(8,9)10)32(39)37(26(7)21-20-22(2)3)30(28-24(5)16-15-17-25(28)6)31(38)35-27-18-13-12-14-19-27/h15-17,22-23,26-27,29-30H,11-14,18-21H2,1-10H3,(H,35,38)(H,36,40). The summed E-state index contributed by atoms with van der Waals surface area (Å²) in [6.07, 6.45) is 7.03. The first-order valence-electron chi connectivity index (χ1n) is 15.8. The zero-order valence-corrected chi connectivity index (χ0v) is 27.4. The molecule has 232 valence electrons. The number of aryl methyl sites for hydroxylation is 2. The molecule has 0 heterocycles. The van der Waals surface area contributed by atoms with Gasteiger partial charge in [0.1, 0.15) is 17.7 Å². The summed E-state index contributed by atoms with van der Waals surface area (Å²) in [5, 5.41) is 6.23. The zero-order chi connectivity index (χ0) is 30.9. The van der Waals surface area contributed by atoms with Gasteiger partial charge in [0.25, 0.3) is 0 Å². The van der Waals surface area contributed by atoms with Crippen LogP contribution >= 0.6 is 0 Å². The largest absolute Gasteiger partial charge is 0.444 e. The summed E-state index contributed by atoms with van der Waals surface area (Å²) in [4.78, 5) is 43.8. The number of nitrogens with one attached hydrogen (secondary N) is 2. The Morgan fingerprint density at radius 3 is 2.07 bits per heavy atom. The first-order valence-corrected chi connectivity index (χ1v) is 15.8. The fraction of sp³-hybridized carbons (Fsp3) is 0.735. The Labute approximate surface area is 249 Å². The molecular weight excluding hydrogens is 514 g/mol. The molecule has 0 bridgehead atoms. The van der Waals surface area contributed by atoms with E-state index in [1.807, 2.05) is 52.8 Å². The second-order valence-corrected chi connectivity index (χ2v) is 13.6. The van der Waals surface area contributed by atoms with E-state index in [1.54, 1.807) is 25.7 Å². The maximum Gasteiger partial charge on any atom is 0.408 e. The van der Waals surface area contributed by atoms with Crippen molar-refractivity contribution in [2.45, 2.75) is 150 Å². The lowest BCUT2D eigenvalue weighted by Crippen LogP contribution is -2.58. The van der Waals surface area contributed by atoms with Crippen molar-refractivity contribution < 1.29 is 19.1 Å². The van der Waals surface area contributed by atoms with Crippen LogP contribution in [0.3, 0.4) is 0 Å². The fourth-order valence-corrected chi connectivity index (χ4v) is 5.77. The third-order valence-corrected chi connectivity index (χ3v) is 8.34. The topological polar surface area (TPSA) is 87.7 Å². The summed E-state index contributed by atoms with van der Waals surface area (Å²) in [6.45, 7) is 19.8. The van der Waals surface area contributed by atoms with Gasteiger partial charge in [0.05, 0.1) is 0 Å². The van der Waals surface area contributed by atoms with Gasteiger partial charge in [-0.1, -0.05) is 71.6 Å². The lowest BCUT2D eigenvalue weighted by molar-refractivity contribution is -0.146. The van der Waals surface area contributed by atoms with Crippen LogP contribution in [-0.2, 0) is 14.3 Å². The van der Waals surface area contributed by atoms with Gasteiger partial charge in [-0.05, 0) is 95.8 Å². The molecule has 7 heteroatoms. The Bertz CT molecular complexity index is 989. The molecule has 0 aliphatic heterocycles. The monoisotopic (exact) mass is 571 g/mol. The number of benzene rings is 1. The number of amides is 3. The summed E-state index contributed by atoms with van der Waals surface area (Å²) in [5.74, 6) is -0.0867. The van der Waals surface area contributed by atoms with Crippen molar-refractivity contribution in [3.63, 3.8) is 0 Å². The molecule has 41 heavy (non-hydrogen) atoms. The molecule has 1 saturated carbocycles. The second kappa shape index (κ2) is 15.6. The highest BCUT2D eigenvalue weighted by Crippen LogP contribution is 2.33. The number of hydrogen-bond donors (Lipinski definition) is 2. The van der Waals surface area contributed by atoms with E-state index >= 15 is 0 Å². The van der Waals surface area contributed by atoms with Crippen molar-refractivity contribution in [3.8, 4) is 0 Å². The van der Waals surface area contributed by atoms with E-state index < -0.39 is 23.8 Å². The minimum Gasteiger partial charge on any atom is -0.444 e. The Morgan fingerprint density at radius 2 is 1.56 bits per heavy atom. The Kier molecular flexibility index (Phi) is 13.2. The molecule has 1 fully saturated rings. The molecule has 4 unspecified atom stereocenters. The Morgan fingerprint density at radius 1 is 0.976 bits per heavy atom. The van der Waals surface area contributed by atoms with Gasteiger partial charge in [0.15, 0.2) is 0 Å². The molecule has 1 aliphatic carbocycles. The first kappa shape index (κ1) is 34.6. The van der Waals surface area contributed by atoms with Crippen molar-refractivity contribution in [1.29, 1.82) is 0 Å². The minimum absolute atomic E-state index is 0.108.